The van der Waals surface area contributed by atoms with E-state index in [-0.39, 0.29) is 28.6 Å². The molecule has 0 aromatic heterocycles. The van der Waals surface area contributed by atoms with Gasteiger partial charge in [-0.05, 0) is 26.0 Å². The van der Waals surface area contributed by atoms with Gasteiger partial charge < -0.3 is 9.64 Å². The fraction of sp³-hybridized carbons (Fsp3) is 0.462. The molecule has 98 valence electrons. The molecule has 1 aromatic rings. The molecule has 5 heteroatoms. The molecular formula is C13H15ClFNO2. The van der Waals surface area contributed by atoms with Crippen molar-refractivity contribution in [3.63, 3.8) is 0 Å². The van der Waals surface area contributed by atoms with Crippen LogP contribution in [0.25, 0.3) is 0 Å². The number of hydrogen-bond donors (Lipinski definition) is 0. The molecule has 0 spiro atoms. The van der Waals surface area contributed by atoms with E-state index in [0.717, 1.165) is 0 Å². The van der Waals surface area contributed by atoms with Crippen LogP contribution in [0, 0.1) is 5.82 Å². The van der Waals surface area contributed by atoms with E-state index in [9.17, 15) is 9.18 Å². The van der Waals surface area contributed by atoms with E-state index in [1.54, 1.807) is 4.90 Å². The van der Waals surface area contributed by atoms with Crippen LogP contribution >= 0.6 is 11.6 Å². The van der Waals surface area contributed by atoms with Gasteiger partial charge in [0.05, 0.1) is 35.9 Å². The van der Waals surface area contributed by atoms with Crippen LogP contribution < -0.4 is 0 Å². The first kappa shape index (κ1) is 13.3. The Morgan fingerprint density at radius 1 is 1.39 bits per heavy atom. The molecule has 1 saturated heterocycles. The van der Waals surface area contributed by atoms with Crippen LogP contribution in [0.3, 0.4) is 0 Å². The number of rotatable bonds is 1. The van der Waals surface area contributed by atoms with E-state index in [1.165, 1.54) is 18.2 Å². The van der Waals surface area contributed by atoms with E-state index >= 15 is 0 Å². The van der Waals surface area contributed by atoms with Crippen molar-refractivity contribution >= 4 is 17.5 Å². The quantitative estimate of drug-likeness (QED) is 0.786. The summed E-state index contributed by atoms with van der Waals surface area (Å²) in [5, 5.41) is 0.144. The fourth-order valence-corrected chi connectivity index (χ4v) is 2.48. The van der Waals surface area contributed by atoms with E-state index in [0.29, 0.717) is 13.2 Å². The average molecular weight is 272 g/mol. The van der Waals surface area contributed by atoms with Gasteiger partial charge in [-0.15, -0.1) is 0 Å². The molecule has 18 heavy (non-hydrogen) atoms. The summed E-state index contributed by atoms with van der Waals surface area (Å²) in [4.78, 5) is 14.0. The predicted octanol–water partition coefficient (Wildman–Crippen LogP) is 2.73. The van der Waals surface area contributed by atoms with Gasteiger partial charge in [0.1, 0.15) is 5.82 Å². The molecule has 2 rings (SSSR count). The molecule has 1 fully saturated rings. The Hall–Kier alpha value is -1.13. The lowest BCUT2D eigenvalue weighted by Gasteiger charge is -2.39. The average Bonchev–Trinajstić information content (AvgIpc) is 2.28. The topological polar surface area (TPSA) is 29.5 Å². The molecule has 1 aliphatic rings. The lowest BCUT2D eigenvalue weighted by atomic mass is 10.1. The van der Waals surface area contributed by atoms with Crippen molar-refractivity contribution in [3.8, 4) is 0 Å². The second kappa shape index (κ2) is 5.24. The van der Waals surface area contributed by atoms with Crippen molar-refractivity contribution in [2.75, 3.05) is 13.2 Å². The van der Waals surface area contributed by atoms with E-state index in [2.05, 4.69) is 0 Å². The zero-order valence-corrected chi connectivity index (χ0v) is 11.1. The largest absolute Gasteiger partial charge is 0.377 e. The third-order valence-electron chi connectivity index (χ3n) is 3.08. The third-order valence-corrected chi connectivity index (χ3v) is 3.39. The standard InChI is InChI=1S/C13H15ClFNO2/c1-8-6-18-7-9(2)16(8)13(17)12-10(14)4-3-5-11(12)15/h3-5,8-9H,6-7H2,1-2H3. The first-order chi connectivity index (χ1) is 8.52. The van der Waals surface area contributed by atoms with Crippen LogP contribution in [-0.2, 0) is 4.74 Å². The van der Waals surface area contributed by atoms with E-state index in [4.69, 9.17) is 16.3 Å². The maximum absolute atomic E-state index is 13.7. The first-order valence-corrected chi connectivity index (χ1v) is 6.24. The van der Waals surface area contributed by atoms with Gasteiger partial charge in [0.2, 0.25) is 0 Å². The van der Waals surface area contributed by atoms with E-state index < -0.39 is 5.82 Å². The van der Waals surface area contributed by atoms with Gasteiger partial charge in [0.15, 0.2) is 0 Å². The van der Waals surface area contributed by atoms with Crippen molar-refractivity contribution in [2.24, 2.45) is 0 Å². The van der Waals surface area contributed by atoms with Crippen molar-refractivity contribution in [1.29, 1.82) is 0 Å². The third kappa shape index (κ3) is 2.35. The number of carbonyl (C=O) groups is 1. The molecule has 1 aliphatic heterocycles. The monoisotopic (exact) mass is 271 g/mol. The van der Waals surface area contributed by atoms with Crippen molar-refractivity contribution in [3.05, 3.63) is 34.6 Å². The molecular weight excluding hydrogens is 257 g/mol. The maximum atomic E-state index is 13.7. The molecule has 1 amide bonds. The zero-order chi connectivity index (χ0) is 13.3. The highest BCUT2D eigenvalue weighted by molar-refractivity contribution is 6.33. The molecule has 2 unspecified atom stereocenters. The summed E-state index contributed by atoms with van der Waals surface area (Å²) < 4.78 is 19.1. The second-order valence-electron chi connectivity index (χ2n) is 4.54. The lowest BCUT2D eigenvalue weighted by molar-refractivity contribution is -0.0251. The Balaban J connectivity index is 2.35. The highest BCUT2D eigenvalue weighted by Gasteiger charge is 2.32. The van der Waals surface area contributed by atoms with E-state index in [1.807, 2.05) is 13.8 Å². The lowest BCUT2D eigenvalue weighted by Crippen LogP contribution is -2.52. The highest BCUT2D eigenvalue weighted by atomic mass is 35.5. The van der Waals surface area contributed by atoms with Crippen LogP contribution in [0.15, 0.2) is 18.2 Å². The number of morpholine rings is 1. The normalized spacial score (nSPS) is 24.1. The Bertz CT molecular complexity index is 436. The Labute approximate surface area is 110 Å². The summed E-state index contributed by atoms with van der Waals surface area (Å²) in [5.41, 5.74) is -0.0558. The molecule has 0 N–H and O–H groups in total. The Kier molecular flexibility index (Phi) is 3.88. The summed E-state index contributed by atoms with van der Waals surface area (Å²) in [7, 11) is 0. The van der Waals surface area contributed by atoms with Gasteiger partial charge in [0.25, 0.3) is 5.91 Å². The predicted molar refractivity (Wildman–Crippen MR) is 67.3 cm³/mol. The molecule has 2 atom stereocenters. The van der Waals surface area contributed by atoms with Gasteiger partial charge >= 0.3 is 0 Å². The Morgan fingerprint density at radius 2 is 2.00 bits per heavy atom. The minimum atomic E-state index is -0.585. The van der Waals surface area contributed by atoms with Gasteiger partial charge in [-0.25, -0.2) is 4.39 Å². The minimum absolute atomic E-state index is 0.0558. The SMILES string of the molecule is CC1COCC(C)N1C(=O)c1c(F)cccc1Cl. The molecule has 3 nitrogen and oxygen atoms in total. The number of hydrogen-bond acceptors (Lipinski definition) is 2. The second-order valence-corrected chi connectivity index (χ2v) is 4.95. The smallest absolute Gasteiger partial charge is 0.258 e. The number of ether oxygens (including phenoxy) is 1. The van der Waals surface area contributed by atoms with Crippen molar-refractivity contribution < 1.29 is 13.9 Å². The summed E-state index contributed by atoms with van der Waals surface area (Å²) in [6, 6.07) is 4.08. The number of halogens is 2. The first-order valence-electron chi connectivity index (χ1n) is 5.86. The van der Waals surface area contributed by atoms with Crippen LogP contribution in [0.2, 0.25) is 5.02 Å². The summed E-state index contributed by atoms with van der Waals surface area (Å²) in [6.07, 6.45) is 0. The van der Waals surface area contributed by atoms with Crippen LogP contribution in [-0.4, -0.2) is 36.1 Å². The van der Waals surface area contributed by atoms with Gasteiger partial charge in [-0.1, -0.05) is 17.7 Å². The highest BCUT2D eigenvalue weighted by Crippen LogP contribution is 2.24. The Morgan fingerprint density at radius 3 is 2.56 bits per heavy atom. The van der Waals surface area contributed by atoms with Crippen molar-refractivity contribution in [1.82, 2.24) is 4.90 Å². The summed E-state index contributed by atoms with van der Waals surface area (Å²) in [5.74, 6) is -0.959. The van der Waals surface area contributed by atoms with Crippen LogP contribution in [0.1, 0.15) is 24.2 Å². The molecule has 0 saturated carbocycles. The maximum Gasteiger partial charge on any atom is 0.258 e. The molecule has 1 heterocycles. The van der Waals surface area contributed by atoms with Gasteiger partial charge in [-0.3, -0.25) is 4.79 Å². The number of amides is 1. The summed E-state index contributed by atoms with van der Waals surface area (Å²) >= 11 is 5.92. The number of carbonyl (C=O) groups excluding carboxylic acids is 1. The fourth-order valence-electron chi connectivity index (χ4n) is 2.24. The molecule has 1 aromatic carbocycles. The number of benzene rings is 1. The molecule has 0 aliphatic carbocycles. The van der Waals surface area contributed by atoms with Gasteiger partial charge in [-0.2, -0.15) is 0 Å². The zero-order valence-electron chi connectivity index (χ0n) is 10.3. The van der Waals surface area contributed by atoms with Crippen LogP contribution in [0.4, 0.5) is 4.39 Å². The summed E-state index contributed by atoms with van der Waals surface area (Å²) in [6.45, 7) is 4.68. The van der Waals surface area contributed by atoms with Gasteiger partial charge in [0, 0.05) is 0 Å². The minimum Gasteiger partial charge on any atom is -0.377 e. The van der Waals surface area contributed by atoms with Crippen molar-refractivity contribution in [2.45, 2.75) is 25.9 Å². The van der Waals surface area contributed by atoms with Crippen LogP contribution in [0.5, 0.6) is 0 Å². The molecule has 0 bridgehead atoms. The molecule has 0 radical (unpaired) electrons. The number of nitrogens with zero attached hydrogens (tertiary/aromatic N) is 1.